The molecule has 0 bridgehead atoms. The molecule has 1 amide bonds. The molecule has 1 aromatic rings. The van der Waals surface area contributed by atoms with Gasteiger partial charge in [-0.2, -0.15) is 0 Å². The molecule has 0 spiro atoms. The molecule has 2 rings (SSSR count). The maximum absolute atomic E-state index is 11.4. The molecule has 5 N–H and O–H groups in total. The minimum Gasteiger partial charge on any atom is -0.490 e. The number of ether oxygens (including phenoxy) is 1. The lowest BCUT2D eigenvalue weighted by Crippen LogP contribution is -2.42. The number of aliphatic carboxylic acids is 1. The highest BCUT2D eigenvalue weighted by Gasteiger charge is 2.19. The lowest BCUT2D eigenvalue weighted by atomic mass is 10.0. The van der Waals surface area contributed by atoms with E-state index in [0.717, 1.165) is 17.0 Å². The molecule has 1 heterocycles. The van der Waals surface area contributed by atoms with Gasteiger partial charge in [0.15, 0.2) is 0 Å². The smallest absolute Gasteiger partial charge is 0.332 e. The topological polar surface area (TPSA) is 128 Å². The van der Waals surface area contributed by atoms with Crippen LogP contribution in [0.3, 0.4) is 0 Å². The second-order valence-electron chi connectivity index (χ2n) is 7.44. The Morgan fingerprint density at radius 2 is 1.93 bits per heavy atom. The van der Waals surface area contributed by atoms with Gasteiger partial charge in [0, 0.05) is 29.8 Å². The molecule has 0 aromatic heterocycles. The van der Waals surface area contributed by atoms with Crippen molar-refractivity contribution >= 4 is 17.6 Å². The molecule has 2 unspecified atom stereocenters. The average molecular weight is 382 g/mol. The number of carboxylic acids is 1. The van der Waals surface area contributed by atoms with Crippen LogP contribution in [-0.2, 0) is 16.0 Å². The van der Waals surface area contributed by atoms with Crippen molar-refractivity contribution in [1.82, 2.24) is 5.32 Å². The molecule has 1 aromatic carbocycles. The molecule has 0 fully saturated rings. The number of fused-ring (bicyclic) bond motifs is 1. The molecule has 0 saturated heterocycles. The number of carboxylic acid groups (broad SMARTS) is 1. The Hall–Kier alpha value is -2.16. The summed E-state index contributed by atoms with van der Waals surface area (Å²) in [5.41, 5.74) is 1.79. The Balaban J connectivity index is 0.000000527. The van der Waals surface area contributed by atoms with Crippen molar-refractivity contribution in [2.24, 2.45) is 0 Å². The van der Waals surface area contributed by atoms with Crippen LogP contribution in [0.2, 0.25) is 0 Å². The summed E-state index contributed by atoms with van der Waals surface area (Å²) in [5.74, 6) is -0.411. The van der Waals surface area contributed by atoms with Crippen LogP contribution < -0.4 is 15.4 Å². The minimum atomic E-state index is -1.23. The molecule has 152 valence electrons. The Bertz CT molecular complexity index is 640. The van der Waals surface area contributed by atoms with Crippen molar-refractivity contribution in [3.05, 3.63) is 23.8 Å². The fourth-order valence-electron chi connectivity index (χ4n) is 2.20. The van der Waals surface area contributed by atoms with Crippen LogP contribution in [0.15, 0.2) is 18.2 Å². The van der Waals surface area contributed by atoms with Crippen LogP contribution in [-0.4, -0.2) is 58.1 Å². The van der Waals surface area contributed by atoms with Crippen molar-refractivity contribution < 1.29 is 29.6 Å². The highest BCUT2D eigenvalue weighted by atomic mass is 16.5. The van der Waals surface area contributed by atoms with Crippen LogP contribution in [0.5, 0.6) is 5.75 Å². The first-order valence-electron chi connectivity index (χ1n) is 8.88. The Morgan fingerprint density at radius 3 is 2.48 bits per heavy atom. The van der Waals surface area contributed by atoms with Crippen LogP contribution in [0.25, 0.3) is 0 Å². The second kappa shape index (κ2) is 10.2. The predicted octanol–water partition coefficient (Wildman–Crippen LogP) is 1.15. The number of hydrogen-bond acceptors (Lipinski definition) is 6. The molecule has 0 radical (unpaired) electrons. The first-order chi connectivity index (χ1) is 12.5. The van der Waals surface area contributed by atoms with E-state index >= 15 is 0 Å². The molecular formula is C19H30N2O6. The molecule has 8 nitrogen and oxygen atoms in total. The van der Waals surface area contributed by atoms with E-state index in [2.05, 4.69) is 31.4 Å². The first-order valence-corrected chi connectivity index (χ1v) is 8.88. The fraction of sp³-hybridized carbons (Fsp3) is 0.579. The summed E-state index contributed by atoms with van der Waals surface area (Å²) < 4.78 is 5.73. The third-order valence-electron chi connectivity index (χ3n) is 3.67. The average Bonchev–Trinajstić information content (AvgIpc) is 2.57. The van der Waals surface area contributed by atoms with Gasteiger partial charge in [0.25, 0.3) is 0 Å². The summed E-state index contributed by atoms with van der Waals surface area (Å²) in [6.45, 7) is 8.07. The highest BCUT2D eigenvalue weighted by Crippen LogP contribution is 2.31. The van der Waals surface area contributed by atoms with Gasteiger partial charge in [0.2, 0.25) is 5.91 Å². The Kier molecular flexibility index (Phi) is 8.68. The maximum Gasteiger partial charge on any atom is 0.332 e. The van der Waals surface area contributed by atoms with Crippen LogP contribution in [0, 0.1) is 0 Å². The third kappa shape index (κ3) is 8.85. The number of β-amino-alcohol motifs (C(OH)–C–C–N with tert-alkyl or cyclic N) is 1. The molecule has 1 aliphatic heterocycles. The predicted molar refractivity (Wildman–Crippen MR) is 102 cm³/mol. The summed E-state index contributed by atoms with van der Waals surface area (Å²) in [7, 11) is 0. The molecular weight excluding hydrogens is 352 g/mol. The second-order valence-corrected chi connectivity index (χ2v) is 7.44. The van der Waals surface area contributed by atoms with Crippen molar-refractivity contribution in [2.75, 3.05) is 18.5 Å². The van der Waals surface area contributed by atoms with E-state index in [1.165, 1.54) is 6.92 Å². The summed E-state index contributed by atoms with van der Waals surface area (Å²) in [4.78, 5) is 20.8. The van der Waals surface area contributed by atoms with Gasteiger partial charge in [-0.05, 0) is 46.2 Å². The number of carbonyl (C=O) groups excluding carboxylic acids is 1. The molecule has 27 heavy (non-hydrogen) atoms. The van der Waals surface area contributed by atoms with E-state index in [1.54, 1.807) is 0 Å². The number of benzene rings is 1. The number of hydrogen-bond donors (Lipinski definition) is 5. The zero-order chi connectivity index (χ0) is 20.6. The minimum absolute atomic E-state index is 0.0306. The third-order valence-corrected chi connectivity index (χ3v) is 3.67. The van der Waals surface area contributed by atoms with Gasteiger partial charge < -0.3 is 30.7 Å². The van der Waals surface area contributed by atoms with E-state index in [4.69, 9.17) is 14.9 Å². The number of rotatable bonds is 6. The highest BCUT2D eigenvalue weighted by molar-refractivity contribution is 5.94. The molecule has 0 aliphatic carbocycles. The summed E-state index contributed by atoms with van der Waals surface area (Å²) in [6, 6.07) is 5.59. The Morgan fingerprint density at radius 1 is 1.30 bits per heavy atom. The maximum atomic E-state index is 11.4. The van der Waals surface area contributed by atoms with E-state index in [0.29, 0.717) is 19.4 Å². The van der Waals surface area contributed by atoms with E-state index in [-0.39, 0.29) is 18.1 Å². The van der Waals surface area contributed by atoms with Gasteiger partial charge in [-0.1, -0.05) is 6.07 Å². The monoisotopic (exact) mass is 382 g/mol. The fourth-order valence-corrected chi connectivity index (χ4v) is 2.20. The van der Waals surface area contributed by atoms with Gasteiger partial charge in [-0.15, -0.1) is 0 Å². The number of nitrogens with one attached hydrogen (secondary N) is 2. The molecule has 8 heteroatoms. The van der Waals surface area contributed by atoms with E-state index < -0.39 is 18.2 Å². The Labute approximate surface area is 159 Å². The quantitative estimate of drug-likeness (QED) is 0.499. The van der Waals surface area contributed by atoms with E-state index in [9.17, 15) is 14.7 Å². The van der Waals surface area contributed by atoms with Crippen molar-refractivity contribution in [1.29, 1.82) is 0 Å². The summed E-state index contributed by atoms with van der Waals surface area (Å²) in [5, 5.41) is 31.8. The van der Waals surface area contributed by atoms with Crippen LogP contribution in [0.4, 0.5) is 5.69 Å². The van der Waals surface area contributed by atoms with Gasteiger partial charge in [-0.3, -0.25) is 4.79 Å². The van der Waals surface area contributed by atoms with Gasteiger partial charge in [0.05, 0.1) is 0 Å². The van der Waals surface area contributed by atoms with Crippen molar-refractivity contribution in [2.45, 2.75) is 58.3 Å². The number of aliphatic hydroxyl groups is 2. The zero-order valence-electron chi connectivity index (χ0n) is 16.3. The molecule has 2 atom stereocenters. The van der Waals surface area contributed by atoms with Crippen molar-refractivity contribution in [3.8, 4) is 5.75 Å². The molecule has 0 saturated carbocycles. The SMILES string of the molecule is CC(C)(C)NCC(O)COc1cccc2c1CCC(=O)N2.CC(O)C(=O)O. The largest absolute Gasteiger partial charge is 0.490 e. The molecule has 1 aliphatic rings. The van der Waals surface area contributed by atoms with Gasteiger partial charge >= 0.3 is 5.97 Å². The first kappa shape index (κ1) is 22.9. The zero-order valence-corrected chi connectivity index (χ0v) is 16.3. The number of carbonyl (C=O) groups is 2. The normalized spacial score (nSPS) is 15.6. The lowest BCUT2D eigenvalue weighted by Gasteiger charge is -2.24. The summed E-state index contributed by atoms with van der Waals surface area (Å²) >= 11 is 0. The van der Waals surface area contributed by atoms with E-state index in [1.807, 2.05) is 18.2 Å². The van der Waals surface area contributed by atoms with Crippen LogP contribution >= 0.6 is 0 Å². The van der Waals surface area contributed by atoms with Crippen molar-refractivity contribution in [3.63, 3.8) is 0 Å². The number of aliphatic hydroxyl groups excluding tert-OH is 2. The lowest BCUT2D eigenvalue weighted by molar-refractivity contribution is -0.145. The van der Waals surface area contributed by atoms with Gasteiger partial charge in [-0.25, -0.2) is 4.79 Å². The standard InChI is InChI=1S/C16H24N2O3.C3H6O3/c1-16(2,3)17-9-11(19)10-21-14-6-4-5-13-12(14)7-8-15(20)18-13;1-2(4)3(5)6/h4-6,11,17,19H,7-10H2,1-3H3,(H,18,20);2,4H,1H3,(H,5,6). The number of anilines is 1. The summed E-state index contributed by atoms with van der Waals surface area (Å²) in [6.07, 6.45) is -0.655. The van der Waals surface area contributed by atoms with Crippen LogP contribution in [0.1, 0.15) is 39.7 Å². The van der Waals surface area contributed by atoms with Gasteiger partial charge in [0.1, 0.15) is 24.6 Å². The number of amides is 1.